The van der Waals surface area contributed by atoms with Gasteiger partial charge in [0.05, 0.1) is 5.92 Å². The number of aromatic nitrogens is 1. The molecular weight excluding hydrogens is 366 g/mol. The summed E-state index contributed by atoms with van der Waals surface area (Å²) in [6.07, 6.45) is 4.82. The van der Waals surface area contributed by atoms with Crippen LogP contribution in [0.4, 0.5) is 5.69 Å². The van der Waals surface area contributed by atoms with E-state index < -0.39 is 5.92 Å². The van der Waals surface area contributed by atoms with Crippen LogP contribution in [0.2, 0.25) is 0 Å². The molecule has 0 aliphatic heterocycles. The van der Waals surface area contributed by atoms with Crippen molar-refractivity contribution in [3.05, 3.63) is 66.5 Å². The highest BCUT2D eigenvalue weighted by Gasteiger charge is 2.19. The van der Waals surface area contributed by atoms with E-state index in [0.29, 0.717) is 17.9 Å². The maximum atomic E-state index is 12.8. The van der Waals surface area contributed by atoms with Crippen LogP contribution in [0.15, 0.2) is 60.9 Å². The molecule has 3 N–H and O–H groups in total. The van der Waals surface area contributed by atoms with E-state index in [2.05, 4.69) is 10.3 Å². The molecule has 2 aromatic carbocycles. The van der Waals surface area contributed by atoms with Gasteiger partial charge in [0, 0.05) is 36.4 Å². The minimum atomic E-state index is -0.487. The van der Waals surface area contributed by atoms with Gasteiger partial charge in [0.25, 0.3) is 0 Å². The number of hydrogen-bond donors (Lipinski definition) is 2. The molecule has 1 heterocycles. The van der Waals surface area contributed by atoms with Crippen LogP contribution < -0.4 is 15.8 Å². The number of anilines is 1. The van der Waals surface area contributed by atoms with Gasteiger partial charge in [-0.3, -0.25) is 14.6 Å². The number of rotatable bonds is 9. The van der Waals surface area contributed by atoms with Gasteiger partial charge in [0.15, 0.2) is 5.78 Å². The second-order valence-corrected chi connectivity index (χ2v) is 6.86. The topological polar surface area (TPSA) is 94.3 Å². The molecule has 29 heavy (non-hydrogen) atoms. The summed E-state index contributed by atoms with van der Waals surface area (Å²) in [4.78, 5) is 28.4. The van der Waals surface area contributed by atoms with E-state index in [9.17, 15) is 9.59 Å². The van der Waals surface area contributed by atoms with Crippen molar-refractivity contribution in [2.45, 2.75) is 25.7 Å². The van der Waals surface area contributed by atoms with Crippen molar-refractivity contribution in [3.8, 4) is 5.75 Å². The van der Waals surface area contributed by atoms with Crippen molar-refractivity contribution in [3.63, 3.8) is 0 Å². The number of benzene rings is 2. The first-order valence-electron chi connectivity index (χ1n) is 9.70. The van der Waals surface area contributed by atoms with Gasteiger partial charge in [-0.2, -0.15) is 0 Å². The van der Waals surface area contributed by atoms with Crippen LogP contribution in [0.25, 0.3) is 10.8 Å². The van der Waals surface area contributed by atoms with Crippen LogP contribution in [0.5, 0.6) is 5.75 Å². The van der Waals surface area contributed by atoms with Crippen molar-refractivity contribution < 1.29 is 14.3 Å². The zero-order valence-electron chi connectivity index (χ0n) is 16.4. The molecule has 0 bridgehead atoms. The van der Waals surface area contributed by atoms with E-state index >= 15 is 0 Å². The predicted molar refractivity (Wildman–Crippen MR) is 114 cm³/mol. The third-order valence-corrected chi connectivity index (χ3v) is 4.67. The molecule has 0 radical (unpaired) electrons. The Morgan fingerprint density at radius 3 is 2.62 bits per heavy atom. The maximum absolute atomic E-state index is 12.8. The summed E-state index contributed by atoms with van der Waals surface area (Å²) in [5.74, 6) is 0.00563. The second kappa shape index (κ2) is 9.80. The van der Waals surface area contributed by atoms with Crippen LogP contribution in [-0.4, -0.2) is 29.8 Å². The summed E-state index contributed by atoms with van der Waals surface area (Å²) in [5.41, 5.74) is 7.38. The van der Waals surface area contributed by atoms with Gasteiger partial charge in [-0.05, 0) is 47.7 Å². The fourth-order valence-electron chi connectivity index (χ4n) is 3.10. The summed E-state index contributed by atoms with van der Waals surface area (Å²) in [6, 6.07) is 14.7. The van der Waals surface area contributed by atoms with Gasteiger partial charge in [-0.25, -0.2) is 0 Å². The fraction of sp³-hybridized carbons (Fsp3) is 0.261. The molecule has 0 aliphatic rings. The predicted octanol–water partition coefficient (Wildman–Crippen LogP) is 3.66. The van der Waals surface area contributed by atoms with E-state index in [1.807, 2.05) is 43.3 Å². The van der Waals surface area contributed by atoms with Crippen LogP contribution in [-0.2, 0) is 9.59 Å². The zero-order valence-corrected chi connectivity index (χ0v) is 16.4. The van der Waals surface area contributed by atoms with Crippen LogP contribution >= 0.6 is 0 Å². The van der Waals surface area contributed by atoms with E-state index in [1.54, 1.807) is 24.5 Å². The van der Waals surface area contributed by atoms with Crippen molar-refractivity contribution in [1.82, 2.24) is 4.98 Å². The number of ketones is 1. The van der Waals surface area contributed by atoms with E-state index in [-0.39, 0.29) is 24.8 Å². The number of pyridine rings is 1. The Morgan fingerprint density at radius 2 is 1.90 bits per heavy atom. The second-order valence-electron chi connectivity index (χ2n) is 6.86. The molecule has 0 aliphatic carbocycles. The lowest BCUT2D eigenvalue weighted by atomic mass is 9.98. The average Bonchev–Trinajstić information content (AvgIpc) is 2.74. The fourth-order valence-corrected chi connectivity index (χ4v) is 3.10. The molecule has 3 aromatic rings. The van der Waals surface area contributed by atoms with E-state index in [4.69, 9.17) is 10.5 Å². The Morgan fingerprint density at radius 1 is 1.10 bits per heavy atom. The molecule has 0 fully saturated rings. The third kappa shape index (κ3) is 5.39. The average molecular weight is 391 g/mol. The molecule has 1 atom stereocenters. The van der Waals surface area contributed by atoms with Crippen LogP contribution in [0.1, 0.15) is 31.2 Å². The number of hydrogen-bond acceptors (Lipinski definition) is 5. The minimum absolute atomic E-state index is 0.0610. The number of Topliss-reactive ketones (excluding diaryl/α,β-unsaturated/α-hetero) is 1. The summed E-state index contributed by atoms with van der Waals surface area (Å²) in [5, 5.41) is 4.95. The molecule has 6 heteroatoms. The zero-order chi connectivity index (χ0) is 20.6. The first kappa shape index (κ1) is 20.5. The summed E-state index contributed by atoms with van der Waals surface area (Å²) in [7, 11) is 0. The van der Waals surface area contributed by atoms with E-state index in [0.717, 1.165) is 22.8 Å². The highest BCUT2D eigenvalue weighted by Crippen LogP contribution is 2.23. The smallest absolute Gasteiger partial charge is 0.233 e. The molecule has 1 aromatic heterocycles. The Balaban J connectivity index is 1.66. The van der Waals surface area contributed by atoms with Gasteiger partial charge in [0.2, 0.25) is 5.91 Å². The lowest BCUT2D eigenvalue weighted by Gasteiger charge is -2.16. The SMILES string of the molecule is CCCC(=O)COc1ccc(C(CN)C(=O)Nc2ccc3cnccc3c2)cc1. The molecule has 150 valence electrons. The summed E-state index contributed by atoms with van der Waals surface area (Å²) < 4.78 is 5.50. The number of fused-ring (bicyclic) bond motifs is 1. The van der Waals surface area contributed by atoms with Crippen molar-refractivity contribution in [2.75, 3.05) is 18.5 Å². The number of nitrogens with one attached hydrogen (secondary N) is 1. The largest absolute Gasteiger partial charge is 0.486 e. The highest BCUT2D eigenvalue weighted by atomic mass is 16.5. The number of nitrogens with zero attached hydrogens (tertiary/aromatic N) is 1. The van der Waals surface area contributed by atoms with Gasteiger partial charge >= 0.3 is 0 Å². The molecule has 1 amide bonds. The van der Waals surface area contributed by atoms with Gasteiger partial charge < -0.3 is 15.8 Å². The Kier molecular flexibility index (Phi) is 6.92. The molecule has 3 rings (SSSR count). The molecule has 6 nitrogen and oxygen atoms in total. The number of carbonyl (C=O) groups is 2. The monoisotopic (exact) mass is 391 g/mol. The molecule has 0 spiro atoms. The molecular formula is C23H25N3O3. The van der Waals surface area contributed by atoms with Crippen molar-refractivity contribution in [2.24, 2.45) is 5.73 Å². The molecule has 0 saturated carbocycles. The quantitative estimate of drug-likeness (QED) is 0.580. The van der Waals surface area contributed by atoms with Gasteiger partial charge in [-0.15, -0.1) is 0 Å². The van der Waals surface area contributed by atoms with Crippen molar-refractivity contribution in [1.29, 1.82) is 0 Å². The van der Waals surface area contributed by atoms with Crippen LogP contribution in [0, 0.1) is 0 Å². The summed E-state index contributed by atoms with van der Waals surface area (Å²) >= 11 is 0. The maximum Gasteiger partial charge on any atom is 0.233 e. The van der Waals surface area contributed by atoms with Gasteiger partial charge in [-0.1, -0.05) is 25.1 Å². The number of ether oxygens (including phenoxy) is 1. The summed E-state index contributed by atoms with van der Waals surface area (Å²) in [6.45, 7) is 2.20. The van der Waals surface area contributed by atoms with Gasteiger partial charge in [0.1, 0.15) is 12.4 Å². The molecule has 0 saturated heterocycles. The number of amides is 1. The number of nitrogens with two attached hydrogens (primary N) is 1. The lowest BCUT2D eigenvalue weighted by molar-refractivity contribution is -0.121. The standard InChI is InChI=1S/C23H25N3O3/c1-2-3-20(27)15-29-21-8-5-16(6-9-21)22(13-24)23(28)26-19-7-4-18-14-25-11-10-17(18)12-19/h4-12,14,22H,2-3,13,15,24H2,1H3,(H,26,28). The normalized spacial score (nSPS) is 11.8. The lowest BCUT2D eigenvalue weighted by Crippen LogP contribution is -2.27. The number of carbonyl (C=O) groups excluding carboxylic acids is 2. The van der Waals surface area contributed by atoms with Crippen molar-refractivity contribution >= 4 is 28.2 Å². The first-order valence-corrected chi connectivity index (χ1v) is 9.70. The Labute approximate surface area is 170 Å². The first-order chi connectivity index (χ1) is 14.1. The third-order valence-electron chi connectivity index (χ3n) is 4.67. The van der Waals surface area contributed by atoms with Crippen LogP contribution in [0.3, 0.4) is 0 Å². The highest BCUT2D eigenvalue weighted by molar-refractivity contribution is 5.98. The Bertz CT molecular complexity index is 986. The minimum Gasteiger partial charge on any atom is -0.486 e. The molecule has 1 unspecified atom stereocenters. The Hall–Kier alpha value is -3.25. The van der Waals surface area contributed by atoms with E-state index in [1.165, 1.54) is 0 Å².